The Bertz CT molecular complexity index is 607. The Morgan fingerprint density at radius 3 is 2.61 bits per heavy atom. The van der Waals surface area contributed by atoms with Gasteiger partial charge in [-0.15, -0.1) is 0 Å². The van der Waals surface area contributed by atoms with Gasteiger partial charge in [0.2, 0.25) is 0 Å². The zero-order chi connectivity index (χ0) is 13.3. The minimum atomic E-state index is -0.407. The zero-order valence-corrected chi connectivity index (χ0v) is 11.6. The average Bonchev–Trinajstić information content (AvgIpc) is 2.65. The molecule has 1 heterocycles. The van der Waals surface area contributed by atoms with Crippen molar-refractivity contribution >= 4 is 27.5 Å². The van der Waals surface area contributed by atoms with Crippen LogP contribution in [0.4, 0.5) is 10.1 Å². The Labute approximate surface area is 113 Å². The highest BCUT2D eigenvalue weighted by molar-refractivity contribution is 9.10. The molecule has 2 rings (SSSR count). The molecule has 1 aromatic carbocycles. The standard InChI is InChI=1S/C13H12BrFN2O/c1-8-3-6-12(17(8)2)13(18)16-9-4-5-10(14)11(15)7-9/h3-7H,1-2H3,(H,16,18). The van der Waals surface area contributed by atoms with Gasteiger partial charge < -0.3 is 9.88 Å². The molecule has 1 N–H and O–H groups in total. The minimum Gasteiger partial charge on any atom is -0.344 e. The van der Waals surface area contributed by atoms with Gasteiger partial charge in [-0.25, -0.2) is 4.39 Å². The summed E-state index contributed by atoms with van der Waals surface area (Å²) in [4.78, 5) is 12.0. The first kappa shape index (κ1) is 12.8. The van der Waals surface area contributed by atoms with E-state index in [2.05, 4.69) is 21.2 Å². The average molecular weight is 311 g/mol. The molecule has 94 valence electrons. The lowest BCUT2D eigenvalue weighted by Gasteiger charge is -2.07. The van der Waals surface area contributed by atoms with E-state index in [1.807, 2.05) is 20.0 Å². The van der Waals surface area contributed by atoms with E-state index >= 15 is 0 Å². The van der Waals surface area contributed by atoms with Crippen molar-refractivity contribution in [2.45, 2.75) is 6.92 Å². The smallest absolute Gasteiger partial charge is 0.272 e. The Morgan fingerprint density at radius 2 is 2.06 bits per heavy atom. The molecule has 3 nitrogen and oxygen atoms in total. The molecule has 0 aliphatic carbocycles. The topological polar surface area (TPSA) is 34.0 Å². The Hall–Kier alpha value is -1.62. The first-order valence-corrected chi connectivity index (χ1v) is 6.17. The van der Waals surface area contributed by atoms with Gasteiger partial charge in [-0.3, -0.25) is 4.79 Å². The lowest BCUT2D eigenvalue weighted by atomic mass is 10.3. The number of nitrogens with one attached hydrogen (secondary N) is 1. The number of rotatable bonds is 2. The number of benzene rings is 1. The quantitative estimate of drug-likeness (QED) is 0.905. The van der Waals surface area contributed by atoms with Crippen molar-refractivity contribution in [2.75, 3.05) is 5.32 Å². The third-order valence-electron chi connectivity index (χ3n) is 2.78. The summed E-state index contributed by atoms with van der Waals surface area (Å²) in [5.74, 6) is -0.664. The summed E-state index contributed by atoms with van der Waals surface area (Å²) >= 11 is 3.06. The lowest BCUT2D eigenvalue weighted by Crippen LogP contribution is -2.16. The highest BCUT2D eigenvalue weighted by Crippen LogP contribution is 2.20. The molecule has 5 heteroatoms. The summed E-state index contributed by atoms with van der Waals surface area (Å²) in [7, 11) is 1.81. The first-order chi connectivity index (χ1) is 8.49. The van der Waals surface area contributed by atoms with Crippen LogP contribution in [0.3, 0.4) is 0 Å². The molecule has 0 saturated heterocycles. The second-order valence-corrected chi connectivity index (χ2v) is 4.86. The fourth-order valence-corrected chi connectivity index (χ4v) is 1.86. The number of hydrogen-bond acceptors (Lipinski definition) is 1. The number of hydrogen-bond donors (Lipinski definition) is 1. The zero-order valence-electron chi connectivity index (χ0n) is 10.00. The largest absolute Gasteiger partial charge is 0.344 e. The molecule has 0 spiro atoms. The van der Waals surface area contributed by atoms with Crippen LogP contribution in [0.1, 0.15) is 16.2 Å². The summed E-state index contributed by atoms with van der Waals surface area (Å²) < 4.78 is 15.5. The maximum Gasteiger partial charge on any atom is 0.272 e. The fourth-order valence-electron chi connectivity index (χ4n) is 1.61. The second kappa shape index (κ2) is 4.94. The van der Waals surface area contributed by atoms with Crippen LogP contribution in [-0.2, 0) is 7.05 Å². The SMILES string of the molecule is Cc1ccc(C(=O)Nc2ccc(Br)c(F)c2)n1C. The van der Waals surface area contributed by atoms with Crippen LogP contribution in [-0.4, -0.2) is 10.5 Å². The van der Waals surface area contributed by atoms with Gasteiger partial charge in [0.05, 0.1) is 4.47 Å². The maximum absolute atomic E-state index is 13.3. The summed E-state index contributed by atoms with van der Waals surface area (Å²) in [6.07, 6.45) is 0. The molecule has 0 saturated carbocycles. The van der Waals surface area contributed by atoms with Gasteiger partial charge in [0.1, 0.15) is 11.5 Å². The van der Waals surface area contributed by atoms with Crippen LogP contribution in [0, 0.1) is 12.7 Å². The molecular formula is C13H12BrFN2O. The van der Waals surface area contributed by atoms with Crippen molar-refractivity contribution in [2.24, 2.45) is 7.05 Å². The lowest BCUT2D eigenvalue weighted by molar-refractivity contribution is 0.101. The number of anilines is 1. The van der Waals surface area contributed by atoms with Gasteiger partial charge in [-0.05, 0) is 53.2 Å². The summed E-state index contributed by atoms with van der Waals surface area (Å²) in [6.45, 7) is 1.91. The Balaban J connectivity index is 2.21. The minimum absolute atomic E-state index is 0.257. The number of amides is 1. The molecular weight excluding hydrogens is 299 g/mol. The van der Waals surface area contributed by atoms with Crippen LogP contribution in [0.2, 0.25) is 0 Å². The van der Waals surface area contributed by atoms with Crippen molar-refractivity contribution in [3.05, 3.63) is 52.0 Å². The van der Waals surface area contributed by atoms with Crippen molar-refractivity contribution in [3.8, 4) is 0 Å². The van der Waals surface area contributed by atoms with Crippen molar-refractivity contribution < 1.29 is 9.18 Å². The molecule has 0 bridgehead atoms. The highest BCUT2D eigenvalue weighted by Gasteiger charge is 2.11. The predicted molar refractivity (Wildman–Crippen MR) is 72.2 cm³/mol. The summed E-state index contributed by atoms with van der Waals surface area (Å²) in [5.41, 5.74) is 1.96. The maximum atomic E-state index is 13.3. The van der Waals surface area contributed by atoms with E-state index in [-0.39, 0.29) is 5.91 Å². The highest BCUT2D eigenvalue weighted by atomic mass is 79.9. The molecule has 1 aromatic heterocycles. The van der Waals surface area contributed by atoms with Gasteiger partial charge in [0, 0.05) is 18.4 Å². The molecule has 0 atom stereocenters. The first-order valence-electron chi connectivity index (χ1n) is 5.38. The summed E-state index contributed by atoms with van der Waals surface area (Å²) in [5, 5.41) is 2.66. The van der Waals surface area contributed by atoms with Gasteiger partial charge >= 0.3 is 0 Å². The van der Waals surface area contributed by atoms with E-state index in [0.717, 1.165) is 5.69 Å². The number of nitrogens with zero attached hydrogens (tertiary/aromatic N) is 1. The van der Waals surface area contributed by atoms with Crippen LogP contribution in [0.15, 0.2) is 34.8 Å². The van der Waals surface area contributed by atoms with Gasteiger partial charge in [-0.2, -0.15) is 0 Å². The third-order valence-corrected chi connectivity index (χ3v) is 3.43. The van der Waals surface area contributed by atoms with E-state index in [1.165, 1.54) is 6.07 Å². The molecule has 0 unspecified atom stereocenters. The van der Waals surface area contributed by atoms with Crippen LogP contribution >= 0.6 is 15.9 Å². The molecule has 1 amide bonds. The van der Waals surface area contributed by atoms with Gasteiger partial charge in [-0.1, -0.05) is 0 Å². The summed E-state index contributed by atoms with van der Waals surface area (Å²) in [6, 6.07) is 8.07. The molecule has 0 fully saturated rings. The monoisotopic (exact) mass is 310 g/mol. The molecule has 0 aliphatic heterocycles. The van der Waals surface area contributed by atoms with Crippen LogP contribution in [0.5, 0.6) is 0 Å². The predicted octanol–water partition coefficient (Wildman–Crippen LogP) is 3.49. The van der Waals surface area contributed by atoms with Crippen molar-refractivity contribution in [3.63, 3.8) is 0 Å². The normalized spacial score (nSPS) is 10.4. The second-order valence-electron chi connectivity index (χ2n) is 4.00. The van der Waals surface area contributed by atoms with Gasteiger partial charge in [0.25, 0.3) is 5.91 Å². The van der Waals surface area contributed by atoms with Gasteiger partial charge in [0.15, 0.2) is 0 Å². The van der Waals surface area contributed by atoms with E-state index in [9.17, 15) is 9.18 Å². The number of aryl methyl sites for hydroxylation is 1. The Morgan fingerprint density at radius 1 is 1.33 bits per heavy atom. The van der Waals surface area contributed by atoms with E-state index < -0.39 is 5.82 Å². The number of halogens is 2. The van der Waals surface area contributed by atoms with Crippen molar-refractivity contribution in [1.29, 1.82) is 0 Å². The van der Waals surface area contributed by atoms with E-state index in [0.29, 0.717) is 15.9 Å². The number of carbonyl (C=O) groups excluding carboxylic acids is 1. The number of carbonyl (C=O) groups is 1. The fraction of sp³-hybridized carbons (Fsp3) is 0.154. The van der Waals surface area contributed by atoms with Crippen LogP contribution in [0.25, 0.3) is 0 Å². The molecule has 18 heavy (non-hydrogen) atoms. The Kier molecular flexibility index (Phi) is 3.52. The van der Waals surface area contributed by atoms with E-state index in [4.69, 9.17) is 0 Å². The third kappa shape index (κ3) is 2.46. The number of aromatic nitrogens is 1. The molecule has 0 radical (unpaired) electrons. The van der Waals surface area contributed by atoms with Crippen molar-refractivity contribution in [1.82, 2.24) is 4.57 Å². The molecule has 2 aromatic rings. The van der Waals surface area contributed by atoms with Crippen LogP contribution < -0.4 is 5.32 Å². The molecule has 0 aliphatic rings. The van der Waals surface area contributed by atoms with E-state index in [1.54, 1.807) is 22.8 Å².